The highest BCUT2D eigenvalue weighted by molar-refractivity contribution is 7.10. The zero-order valence-corrected chi connectivity index (χ0v) is 10.7. The van der Waals surface area contributed by atoms with Gasteiger partial charge in [-0.2, -0.15) is 0 Å². The van der Waals surface area contributed by atoms with Crippen LogP contribution >= 0.6 is 11.3 Å². The Balaban J connectivity index is 2.06. The minimum absolute atomic E-state index is 0.150. The molecule has 0 radical (unpaired) electrons. The summed E-state index contributed by atoms with van der Waals surface area (Å²) in [5.41, 5.74) is 5.84. The molecule has 1 fully saturated rings. The Morgan fingerprint density at radius 3 is 2.78 bits per heavy atom. The molecule has 1 aliphatic carbocycles. The fraction of sp³-hybridized carbons (Fsp3) is 0.500. The van der Waals surface area contributed by atoms with E-state index in [2.05, 4.69) is 5.32 Å². The molecule has 0 aliphatic heterocycles. The van der Waals surface area contributed by atoms with Gasteiger partial charge in [0.15, 0.2) is 6.04 Å². The quantitative estimate of drug-likeness (QED) is 0.763. The molecule has 1 saturated carbocycles. The van der Waals surface area contributed by atoms with Crippen molar-refractivity contribution in [2.24, 2.45) is 11.7 Å². The summed E-state index contributed by atoms with van der Waals surface area (Å²) in [6.45, 7) is 0. The molecule has 1 amide bonds. The van der Waals surface area contributed by atoms with Gasteiger partial charge in [-0.3, -0.25) is 4.79 Å². The van der Waals surface area contributed by atoms with Crippen LogP contribution in [-0.4, -0.2) is 23.0 Å². The number of nitrogens with one attached hydrogen (secondary N) is 1. The lowest BCUT2D eigenvalue weighted by Crippen LogP contribution is -2.42. The van der Waals surface area contributed by atoms with E-state index in [1.165, 1.54) is 11.3 Å². The van der Waals surface area contributed by atoms with Crippen LogP contribution in [-0.2, 0) is 9.59 Å². The van der Waals surface area contributed by atoms with Gasteiger partial charge in [-0.15, -0.1) is 11.3 Å². The van der Waals surface area contributed by atoms with Crippen LogP contribution < -0.4 is 11.1 Å². The van der Waals surface area contributed by atoms with Gasteiger partial charge >= 0.3 is 5.97 Å². The highest BCUT2D eigenvalue weighted by Crippen LogP contribution is 2.26. The van der Waals surface area contributed by atoms with Gasteiger partial charge in [0.1, 0.15) is 0 Å². The molecule has 1 aliphatic rings. The molecule has 0 bridgehead atoms. The minimum Gasteiger partial charge on any atom is -0.479 e. The van der Waals surface area contributed by atoms with Crippen molar-refractivity contribution in [3.63, 3.8) is 0 Å². The first-order valence-electron chi connectivity index (χ1n) is 5.91. The van der Waals surface area contributed by atoms with Crippen molar-refractivity contribution in [2.75, 3.05) is 0 Å². The van der Waals surface area contributed by atoms with Crippen LogP contribution in [0, 0.1) is 5.92 Å². The van der Waals surface area contributed by atoms with Crippen molar-refractivity contribution in [1.82, 2.24) is 5.32 Å². The Labute approximate surface area is 109 Å². The largest absolute Gasteiger partial charge is 0.479 e. The van der Waals surface area contributed by atoms with E-state index in [4.69, 9.17) is 10.8 Å². The average molecular weight is 268 g/mol. The third-order valence-corrected chi connectivity index (χ3v) is 4.20. The summed E-state index contributed by atoms with van der Waals surface area (Å²) in [7, 11) is 0. The summed E-state index contributed by atoms with van der Waals surface area (Å²) in [6.07, 6.45) is 2.49. The molecule has 5 nitrogen and oxygen atoms in total. The van der Waals surface area contributed by atoms with Crippen LogP contribution in [0.2, 0.25) is 0 Å². The van der Waals surface area contributed by atoms with Crippen LogP contribution in [0.15, 0.2) is 17.5 Å². The van der Waals surface area contributed by atoms with Gasteiger partial charge in [-0.05, 0) is 24.3 Å². The SMILES string of the molecule is NC1CCCC1C(=O)NC(C(=O)O)c1cccs1. The number of carboxylic acid groups (broad SMARTS) is 1. The summed E-state index contributed by atoms with van der Waals surface area (Å²) in [6, 6.07) is 2.36. The summed E-state index contributed by atoms with van der Waals surface area (Å²) in [4.78, 5) is 23.8. The number of carbonyl (C=O) groups is 2. The molecule has 3 atom stereocenters. The monoisotopic (exact) mass is 268 g/mol. The topological polar surface area (TPSA) is 92.4 Å². The predicted molar refractivity (Wildman–Crippen MR) is 68.2 cm³/mol. The molecule has 0 saturated heterocycles. The lowest BCUT2D eigenvalue weighted by atomic mass is 10.0. The number of thiophene rings is 1. The van der Waals surface area contributed by atoms with Gasteiger partial charge in [-0.25, -0.2) is 4.79 Å². The van der Waals surface area contributed by atoms with Gasteiger partial charge in [0.05, 0.1) is 5.92 Å². The fourth-order valence-electron chi connectivity index (χ4n) is 2.27. The third-order valence-electron chi connectivity index (χ3n) is 3.27. The number of aliphatic carboxylic acids is 1. The molecular formula is C12H16N2O3S. The van der Waals surface area contributed by atoms with Crippen molar-refractivity contribution >= 4 is 23.2 Å². The lowest BCUT2D eigenvalue weighted by Gasteiger charge is -2.18. The summed E-state index contributed by atoms with van der Waals surface area (Å²) < 4.78 is 0. The fourth-order valence-corrected chi connectivity index (χ4v) is 3.04. The van der Waals surface area contributed by atoms with Crippen LogP contribution in [0.3, 0.4) is 0 Å². The maximum atomic E-state index is 12.0. The van der Waals surface area contributed by atoms with Crippen LogP contribution in [0.25, 0.3) is 0 Å². The molecule has 1 heterocycles. The van der Waals surface area contributed by atoms with Gasteiger partial charge in [-0.1, -0.05) is 12.5 Å². The van der Waals surface area contributed by atoms with Crippen LogP contribution in [0.4, 0.5) is 0 Å². The van der Waals surface area contributed by atoms with Crippen molar-refractivity contribution in [3.8, 4) is 0 Å². The highest BCUT2D eigenvalue weighted by Gasteiger charge is 2.33. The zero-order chi connectivity index (χ0) is 13.1. The Hall–Kier alpha value is -1.40. The predicted octanol–water partition coefficient (Wildman–Crippen LogP) is 1.12. The first-order valence-corrected chi connectivity index (χ1v) is 6.79. The maximum Gasteiger partial charge on any atom is 0.331 e. The molecule has 4 N–H and O–H groups in total. The molecule has 6 heteroatoms. The minimum atomic E-state index is -1.04. The number of rotatable bonds is 4. The Kier molecular flexibility index (Phi) is 3.98. The van der Waals surface area contributed by atoms with Crippen molar-refractivity contribution in [2.45, 2.75) is 31.3 Å². The van der Waals surface area contributed by atoms with Gasteiger partial charge in [0.25, 0.3) is 0 Å². The normalized spacial score (nSPS) is 24.7. The Morgan fingerprint density at radius 1 is 1.50 bits per heavy atom. The molecule has 2 rings (SSSR count). The van der Waals surface area contributed by atoms with E-state index >= 15 is 0 Å². The number of nitrogens with two attached hydrogens (primary N) is 1. The van der Waals surface area contributed by atoms with Crippen molar-refractivity contribution < 1.29 is 14.7 Å². The number of carbonyl (C=O) groups excluding carboxylic acids is 1. The molecule has 0 aromatic carbocycles. The third kappa shape index (κ3) is 2.70. The van der Waals surface area contributed by atoms with E-state index in [1.807, 2.05) is 0 Å². The first-order chi connectivity index (χ1) is 8.59. The Bertz CT molecular complexity index is 433. The smallest absolute Gasteiger partial charge is 0.331 e. The Morgan fingerprint density at radius 2 is 2.28 bits per heavy atom. The second-order valence-corrected chi connectivity index (χ2v) is 5.48. The second-order valence-electron chi connectivity index (χ2n) is 4.50. The van der Waals surface area contributed by atoms with Crippen molar-refractivity contribution in [3.05, 3.63) is 22.4 Å². The molecule has 0 spiro atoms. The van der Waals surface area contributed by atoms with Crippen LogP contribution in [0.1, 0.15) is 30.2 Å². The van der Waals surface area contributed by atoms with Gasteiger partial charge in [0.2, 0.25) is 5.91 Å². The van der Waals surface area contributed by atoms with Crippen LogP contribution in [0.5, 0.6) is 0 Å². The summed E-state index contributed by atoms with van der Waals surface area (Å²) in [5.74, 6) is -1.55. The highest BCUT2D eigenvalue weighted by atomic mass is 32.1. The van der Waals surface area contributed by atoms with E-state index in [0.29, 0.717) is 4.88 Å². The molecule has 3 unspecified atom stereocenters. The molecule has 1 aromatic heterocycles. The molecule has 98 valence electrons. The van der Waals surface area contributed by atoms with Gasteiger partial charge < -0.3 is 16.2 Å². The first kappa shape index (κ1) is 13.0. The molecule has 1 aromatic rings. The van der Waals surface area contributed by atoms with E-state index < -0.39 is 12.0 Å². The zero-order valence-electron chi connectivity index (χ0n) is 9.83. The number of hydrogen-bond donors (Lipinski definition) is 3. The molecular weight excluding hydrogens is 252 g/mol. The van der Waals surface area contributed by atoms with Crippen molar-refractivity contribution in [1.29, 1.82) is 0 Å². The summed E-state index contributed by atoms with van der Waals surface area (Å²) in [5, 5.41) is 13.5. The van der Waals surface area contributed by atoms with E-state index in [9.17, 15) is 9.59 Å². The maximum absolute atomic E-state index is 12.0. The number of hydrogen-bond acceptors (Lipinski definition) is 4. The second kappa shape index (κ2) is 5.49. The van der Waals surface area contributed by atoms with E-state index in [1.54, 1.807) is 17.5 Å². The standard InChI is InChI=1S/C12H16N2O3S/c13-8-4-1-3-7(8)11(15)14-10(12(16)17)9-5-2-6-18-9/h2,5-8,10H,1,3-4,13H2,(H,14,15)(H,16,17). The van der Waals surface area contributed by atoms with Gasteiger partial charge in [0, 0.05) is 10.9 Å². The molecule has 18 heavy (non-hydrogen) atoms. The number of amides is 1. The average Bonchev–Trinajstić information content (AvgIpc) is 2.95. The number of carboxylic acids is 1. The summed E-state index contributed by atoms with van der Waals surface area (Å²) >= 11 is 1.32. The lowest BCUT2D eigenvalue weighted by molar-refractivity contribution is -0.142. The van der Waals surface area contributed by atoms with E-state index in [0.717, 1.165) is 19.3 Å². The van der Waals surface area contributed by atoms with E-state index in [-0.39, 0.29) is 17.9 Å².